The summed E-state index contributed by atoms with van der Waals surface area (Å²) in [6.45, 7) is 1.44. The zero-order chi connectivity index (χ0) is 37.1. The monoisotopic (exact) mass is 714 g/mol. The number of carbonyl (C=O) groups is 2. The predicted octanol–water partition coefficient (Wildman–Crippen LogP) is 1.69. The second kappa shape index (κ2) is 23.1. The third-order valence-corrected chi connectivity index (χ3v) is 9.31. The Hall–Kier alpha value is -2.56. The molecule has 0 bridgehead atoms. The van der Waals surface area contributed by atoms with Crippen molar-refractivity contribution in [1.29, 1.82) is 0 Å². The van der Waals surface area contributed by atoms with Crippen molar-refractivity contribution < 1.29 is 59.5 Å². The van der Waals surface area contributed by atoms with Crippen LogP contribution in [-0.4, -0.2) is 110 Å². The largest absolute Gasteiger partial charge is 0.493 e. The molecular formula is C36H62N2O12. The van der Waals surface area contributed by atoms with E-state index >= 15 is 0 Å². The van der Waals surface area contributed by atoms with Crippen LogP contribution in [0, 0.1) is 0 Å². The molecule has 14 nitrogen and oxygen atoms in total. The van der Waals surface area contributed by atoms with Gasteiger partial charge in [-0.1, -0.05) is 103 Å². The van der Waals surface area contributed by atoms with Crippen molar-refractivity contribution in [3.05, 3.63) is 23.8 Å². The quantitative estimate of drug-likeness (QED) is 0.0623. The van der Waals surface area contributed by atoms with Crippen LogP contribution in [-0.2, 0) is 20.9 Å². The van der Waals surface area contributed by atoms with E-state index in [2.05, 4.69) is 12.2 Å². The van der Waals surface area contributed by atoms with E-state index in [9.17, 15) is 40.2 Å². The summed E-state index contributed by atoms with van der Waals surface area (Å²) >= 11 is 0. The van der Waals surface area contributed by atoms with Crippen molar-refractivity contribution in [2.75, 3.05) is 13.7 Å². The first-order valence-electron chi connectivity index (χ1n) is 18.2. The highest BCUT2D eigenvalue weighted by molar-refractivity contribution is 5.83. The minimum Gasteiger partial charge on any atom is -0.493 e. The molecule has 8 atom stereocenters. The van der Waals surface area contributed by atoms with Gasteiger partial charge in [-0.2, -0.15) is 0 Å². The van der Waals surface area contributed by atoms with Gasteiger partial charge in [-0.05, 0) is 24.1 Å². The van der Waals surface area contributed by atoms with Gasteiger partial charge in [0.25, 0.3) is 5.91 Å². The Morgan fingerprint density at radius 3 is 1.90 bits per heavy atom. The number of hydrogen-bond acceptors (Lipinski definition) is 12. The fourth-order valence-corrected chi connectivity index (χ4v) is 6.10. The van der Waals surface area contributed by atoms with Crippen LogP contribution >= 0.6 is 0 Å². The van der Waals surface area contributed by atoms with Crippen molar-refractivity contribution in [3.8, 4) is 11.5 Å². The zero-order valence-electron chi connectivity index (χ0n) is 29.8. The highest BCUT2D eigenvalue weighted by Gasteiger charge is 2.62. The summed E-state index contributed by atoms with van der Waals surface area (Å²) in [6.07, 6.45) is 4.42. The summed E-state index contributed by atoms with van der Waals surface area (Å²) in [5.74, 6) is -4.61. The lowest BCUT2D eigenvalue weighted by molar-refractivity contribution is -0.334. The maximum Gasteiger partial charge on any atom is 0.320 e. The van der Waals surface area contributed by atoms with E-state index in [1.165, 1.54) is 96.3 Å². The van der Waals surface area contributed by atoms with Crippen LogP contribution in [0.3, 0.4) is 0 Å². The number of ether oxygens (including phenoxy) is 3. The predicted molar refractivity (Wildman–Crippen MR) is 185 cm³/mol. The molecule has 0 radical (unpaired) electrons. The standard InChI is InChI=1S/C36H62N2O12/c1-3-4-5-6-7-8-9-10-11-12-13-14-15-16-17-18-28(41)38-22-24-19-20-26(27(21-24)48-2)49-36(35(37)47)34(46)32(45)31(44)33(50-36)30(43)29(42)25(40)23-39/h19-21,25,29-34,39-40,42-46H,3-18,22-23H2,1-2H3,(H2,37,47)(H,38,41). The molecule has 0 aromatic heterocycles. The van der Waals surface area contributed by atoms with E-state index in [1.807, 2.05) is 0 Å². The Balaban J connectivity index is 1.83. The molecule has 14 heteroatoms. The molecule has 1 fully saturated rings. The lowest BCUT2D eigenvalue weighted by Gasteiger charge is -2.48. The summed E-state index contributed by atoms with van der Waals surface area (Å²) in [7, 11) is 1.30. The van der Waals surface area contributed by atoms with E-state index in [0.29, 0.717) is 12.0 Å². The van der Waals surface area contributed by atoms with Crippen molar-refractivity contribution >= 4 is 11.8 Å². The number of rotatable bonds is 26. The van der Waals surface area contributed by atoms with Crippen LogP contribution < -0.4 is 20.5 Å². The first kappa shape index (κ1) is 43.6. The average molecular weight is 715 g/mol. The average Bonchev–Trinajstić information content (AvgIpc) is 3.11. The number of amides is 2. The Morgan fingerprint density at radius 2 is 1.40 bits per heavy atom. The Morgan fingerprint density at radius 1 is 0.860 bits per heavy atom. The number of benzene rings is 1. The number of methoxy groups -OCH3 is 1. The Kier molecular flexibility index (Phi) is 20.1. The minimum absolute atomic E-state index is 0.0315. The molecule has 1 aromatic carbocycles. The van der Waals surface area contributed by atoms with Gasteiger partial charge >= 0.3 is 5.79 Å². The molecule has 1 aliphatic heterocycles. The fourth-order valence-electron chi connectivity index (χ4n) is 6.10. The van der Waals surface area contributed by atoms with Gasteiger partial charge in [0.2, 0.25) is 5.91 Å². The minimum atomic E-state index is -2.90. The molecule has 0 spiro atoms. The van der Waals surface area contributed by atoms with E-state index in [1.54, 1.807) is 6.07 Å². The summed E-state index contributed by atoms with van der Waals surface area (Å²) in [6, 6.07) is 4.41. The van der Waals surface area contributed by atoms with E-state index in [-0.39, 0.29) is 24.0 Å². The first-order valence-corrected chi connectivity index (χ1v) is 18.2. The second-order valence-corrected chi connectivity index (χ2v) is 13.3. The van der Waals surface area contributed by atoms with Gasteiger partial charge in [0.15, 0.2) is 17.6 Å². The van der Waals surface area contributed by atoms with E-state index in [4.69, 9.17) is 25.1 Å². The third kappa shape index (κ3) is 13.2. The Labute approximate surface area is 295 Å². The van der Waals surface area contributed by atoms with Gasteiger partial charge < -0.3 is 61.0 Å². The zero-order valence-corrected chi connectivity index (χ0v) is 29.8. The van der Waals surface area contributed by atoms with E-state index < -0.39 is 61.0 Å². The van der Waals surface area contributed by atoms with E-state index in [0.717, 1.165) is 19.3 Å². The summed E-state index contributed by atoms with van der Waals surface area (Å²) in [4.78, 5) is 25.1. The number of hydrogen-bond donors (Lipinski definition) is 9. The molecule has 288 valence electrons. The van der Waals surface area contributed by atoms with Crippen LogP contribution in [0.2, 0.25) is 0 Å². The van der Waals surface area contributed by atoms with Gasteiger partial charge in [0.1, 0.15) is 36.6 Å². The molecule has 10 N–H and O–H groups in total. The first-order chi connectivity index (χ1) is 23.9. The third-order valence-electron chi connectivity index (χ3n) is 9.31. The van der Waals surface area contributed by atoms with Crippen LogP contribution in [0.1, 0.15) is 115 Å². The molecule has 1 aromatic rings. The molecule has 1 aliphatic rings. The van der Waals surface area contributed by atoms with Crippen molar-refractivity contribution in [3.63, 3.8) is 0 Å². The van der Waals surface area contributed by atoms with Crippen LogP contribution in [0.5, 0.6) is 11.5 Å². The van der Waals surface area contributed by atoms with Crippen LogP contribution in [0.4, 0.5) is 0 Å². The summed E-state index contributed by atoms with van der Waals surface area (Å²) in [5.41, 5.74) is 6.14. The molecule has 2 amide bonds. The highest BCUT2D eigenvalue weighted by atomic mass is 16.7. The molecule has 0 aliphatic carbocycles. The number of aliphatic hydroxyl groups is 7. The summed E-state index contributed by atoms with van der Waals surface area (Å²) in [5, 5.41) is 74.2. The van der Waals surface area contributed by atoms with Gasteiger partial charge in [-0.25, -0.2) is 0 Å². The number of carbonyl (C=O) groups excluding carboxylic acids is 2. The maximum atomic E-state index is 12.7. The molecule has 50 heavy (non-hydrogen) atoms. The lowest BCUT2D eigenvalue weighted by atomic mass is 9.87. The normalized spacial score (nSPS) is 23.9. The molecule has 1 heterocycles. The number of nitrogens with two attached hydrogens (primary N) is 1. The highest BCUT2D eigenvalue weighted by Crippen LogP contribution is 2.38. The Bertz CT molecular complexity index is 1130. The number of nitrogens with one attached hydrogen (secondary N) is 1. The topological polar surface area (TPSA) is 241 Å². The summed E-state index contributed by atoms with van der Waals surface area (Å²) < 4.78 is 16.5. The molecule has 8 unspecified atom stereocenters. The molecule has 2 rings (SSSR count). The van der Waals surface area contributed by atoms with Crippen molar-refractivity contribution in [2.24, 2.45) is 5.73 Å². The lowest BCUT2D eigenvalue weighted by Crippen LogP contribution is -2.73. The van der Waals surface area contributed by atoms with Gasteiger partial charge in [0, 0.05) is 13.0 Å². The van der Waals surface area contributed by atoms with Crippen LogP contribution in [0.25, 0.3) is 0 Å². The number of aliphatic hydroxyl groups excluding tert-OH is 7. The van der Waals surface area contributed by atoms with Crippen molar-refractivity contribution in [1.82, 2.24) is 5.32 Å². The smallest absolute Gasteiger partial charge is 0.320 e. The maximum absolute atomic E-state index is 12.7. The van der Waals surface area contributed by atoms with Gasteiger partial charge in [0.05, 0.1) is 13.7 Å². The van der Waals surface area contributed by atoms with Crippen LogP contribution in [0.15, 0.2) is 18.2 Å². The van der Waals surface area contributed by atoms with Gasteiger partial charge in [-0.3, -0.25) is 9.59 Å². The molecule has 1 saturated heterocycles. The van der Waals surface area contributed by atoms with Gasteiger partial charge in [-0.15, -0.1) is 0 Å². The SMILES string of the molecule is CCCCCCCCCCCCCCCCCC(=O)NCc1ccc(OC2(C(N)=O)OC(C(O)C(O)C(O)CO)C(O)C(O)C2O)c(OC)c1. The second-order valence-electron chi connectivity index (χ2n) is 13.3. The fraction of sp³-hybridized carbons (Fsp3) is 0.778. The molecular weight excluding hydrogens is 652 g/mol. The van der Waals surface area contributed by atoms with Crippen molar-refractivity contribution in [2.45, 2.75) is 165 Å². The number of unbranched alkanes of at least 4 members (excludes halogenated alkanes) is 14. The number of primary amides is 1. The molecule has 0 saturated carbocycles.